The van der Waals surface area contributed by atoms with Crippen molar-refractivity contribution in [2.75, 3.05) is 18.5 Å². The van der Waals surface area contributed by atoms with E-state index in [4.69, 9.17) is 10.2 Å². The number of likely N-dealkylation sites (tertiary alicyclic amines) is 1. The first-order valence-electron chi connectivity index (χ1n) is 14.0. The molecule has 3 fully saturated rings. The SMILES string of the molecule is NC(CF)C1CCC(C(=O)N2CC[C@@H](C3CCCCC3)[C@H]2C(=O)Nc2ccc3oc(CO)cc3c2)CC1. The lowest BCUT2D eigenvalue weighted by Gasteiger charge is -2.36. The van der Waals surface area contributed by atoms with Gasteiger partial charge in [-0.15, -0.1) is 0 Å². The summed E-state index contributed by atoms with van der Waals surface area (Å²) in [6.45, 7) is -0.0878. The van der Waals surface area contributed by atoms with Crippen molar-refractivity contribution >= 4 is 28.5 Å². The normalized spacial score (nSPS) is 27.9. The molecular weight excluding hydrogens is 473 g/mol. The van der Waals surface area contributed by atoms with Gasteiger partial charge in [0.15, 0.2) is 0 Å². The van der Waals surface area contributed by atoms with Gasteiger partial charge in [0.25, 0.3) is 0 Å². The van der Waals surface area contributed by atoms with Gasteiger partial charge in [0.05, 0.1) is 0 Å². The van der Waals surface area contributed by atoms with Gasteiger partial charge in [0.1, 0.15) is 30.7 Å². The third-order valence-corrected chi connectivity index (χ3v) is 9.15. The number of alkyl halides is 1. The van der Waals surface area contributed by atoms with Crippen molar-refractivity contribution < 1.29 is 23.5 Å². The van der Waals surface area contributed by atoms with Crippen molar-refractivity contribution in [3.8, 4) is 0 Å². The lowest BCUT2D eigenvalue weighted by molar-refractivity contribution is -0.142. The van der Waals surface area contributed by atoms with E-state index in [1.54, 1.807) is 18.2 Å². The van der Waals surface area contributed by atoms with Crippen LogP contribution in [0.15, 0.2) is 28.7 Å². The van der Waals surface area contributed by atoms with Crippen molar-refractivity contribution in [1.82, 2.24) is 4.90 Å². The number of rotatable bonds is 7. The molecule has 2 saturated carbocycles. The maximum Gasteiger partial charge on any atom is 0.247 e. The van der Waals surface area contributed by atoms with Gasteiger partial charge in [0.2, 0.25) is 11.8 Å². The molecule has 3 aliphatic rings. The first-order chi connectivity index (χ1) is 18.0. The molecule has 7 nitrogen and oxygen atoms in total. The summed E-state index contributed by atoms with van der Waals surface area (Å²) < 4.78 is 18.6. The lowest BCUT2D eigenvalue weighted by atomic mass is 9.76. The van der Waals surface area contributed by atoms with Crippen molar-refractivity contribution in [2.24, 2.45) is 29.4 Å². The van der Waals surface area contributed by atoms with Crippen LogP contribution in [-0.4, -0.2) is 47.1 Å². The average Bonchev–Trinajstić information content (AvgIpc) is 3.57. The van der Waals surface area contributed by atoms with Crippen molar-refractivity contribution in [1.29, 1.82) is 0 Å². The molecular formula is C29H40FN3O4. The number of carbonyl (C=O) groups excluding carboxylic acids is 2. The number of furan rings is 1. The minimum Gasteiger partial charge on any atom is -0.459 e. The number of benzene rings is 1. The molecule has 3 atom stereocenters. The zero-order chi connectivity index (χ0) is 25.9. The van der Waals surface area contributed by atoms with Crippen molar-refractivity contribution in [3.05, 3.63) is 30.0 Å². The Morgan fingerprint density at radius 3 is 2.54 bits per heavy atom. The van der Waals surface area contributed by atoms with Gasteiger partial charge < -0.3 is 25.5 Å². The molecule has 2 aliphatic carbocycles. The molecule has 37 heavy (non-hydrogen) atoms. The summed E-state index contributed by atoms with van der Waals surface area (Å²) in [5.74, 6) is 1.06. The molecule has 0 radical (unpaired) electrons. The summed E-state index contributed by atoms with van der Waals surface area (Å²) in [7, 11) is 0. The van der Waals surface area contributed by atoms with Crippen molar-refractivity contribution in [2.45, 2.75) is 82.9 Å². The third kappa shape index (κ3) is 5.55. The second-order valence-electron chi connectivity index (χ2n) is 11.4. The van der Waals surface area contributed by atoms with Crippen LogP contribution in [0.1, 0.15) is 70.0 Å². The maximum atomic E-state index is 13.8. The summed E-state index contributed by atoms with van der Waals surface area (Å²) in [6, 6.07) is 6.29. The number of hydrogen-bond acceptors (Lipinski definition) is 5. The molecule has 1 saturated heterocycles. The molecule has 2 aromatic rings. The molecule has 2 amide bonds. The molecule has 5 rings (SSSR count). The molecule has 1 aliphatic heterocycles. The zero-order valence-electron chi connectivity index (χ0n) is 21.5. The number of aliphatic hydroxyl groups excluding tert-OH is 1. The molecule has 0 bridgehead atoms. The van der Waals surface area contributed by atoms with Gasteiger partial charge in [-0.2, -0.15) is 0 Å². The van der Waals surface area contributed by atoms with E-state index in [2.05, 4.69) is 5.32 Å². The number of aliphatic hydroxyl groups is 1. The molecule has 1 unspecified atom stereocenters. The Morgan fingerprint density at radius 1 is 1.08 bits per heavy atom. The van der Waals surface area contributed by atoms with E-state index in [1.807, 2.05) is 11.0 Å². The first kappa shape index (κ1) is 26.2. The highest BCUT2D eigenvalue weighted by molar-refractivity contribution is 5.99. The van der Waals surface area contributed by atoms with Gasteiger partial charge in [-0.3, -0.25) is 9.59 Å². The summed E-state index contributed by atoms with van der Waals surface area (Å²) in [4.78, 5) is 29.4. The predicted molar refractivity (Wildman–Crippen MR) is 140 cm³/mol. The monoisotopic (exact) mass is 513 g/mol. The Balaban J connectivity index is 1.33. The summed E-state index contributed by atoms with van der Waals surface area (Å²) >= 11 is 0. The molecule has 0 spiro atoms. The fourth-order valence-electron chi connectivity index (χ4n) is 7.08. The van der Waals surface area contributed by atoms with Crippen LogP contribution in [0.5, 0.6) is 0 Å². The van der Waals surface area contributed by atoms with E-state index >= 15 is 0 Å². The predicted octanol–water partition coefficient (Wildman–Crippen LogP) is 4.76. The van der Waals surface area contributed by atoms with Crippen LogP contribution in [0.2, 0.25) is 0 Å². The Kier molecular flexibility index (Phi) is 8.15. The fraction of sp³-hybridized carbons (Fsp3) is 0.655. The number of hydrogen-bond donors (Lipinski definition) is 3. The molecule has 1 aromatic heterocycles. The lowest BCUT2D eigenvalue weighted by Crippen LogP contribution is -2.50. The standard InChI is InChI=1S/C29H40FN3O4/c30-16-25(31)19-6-8-20(9-7-19)29(36)33-13-12-24(18-4-2-1-3-5-18)27(33)28(35)32-22-10-11-26-21(14-22)15-23(17-34)37-26/h10-11,14-15,18-20,24-25,27,34H,1-9,12-13,16-17,31H2,(H,32,35)/t19?,20?,24-,25?,27-/m0/s1. The van der Waals surface area contributed by atoms with Gasteiger partial charge in [-0.1, -0.05) is 32.1 Å². The Morgan fingerprint density at radius 2 is 1.84 bits per heavy atom. The number of nitrogens with one attached hydrogen (secondary N) is 1. The van der Waals surface area contributed by atoms with Gasteiger partial charge in [-0.25, -0.2) is 4.39 Å². The third-order valence-electron chi connectivity index (χ3n) is 9.15. The minimum atomic E-state index is -0.521. The number of carbonyl (C=O) groups is 2. The number of nitrogens with two attached hydrogens (primary N) is 1. The van der Waals surface area contributed by atoms with Crippen LogP contribution < -0.4 is 11.1 Å². The smallest absolute Gasteiger partial charge is 0.247 e. The zero-order valence-corrected chi connectivity index (χ0v) is 21.5. The minimum absolute atomic E-state index is 0.0728. The van der Waals surface area contributed by atoms with E-state index in [-0.39, 0.29) is 36.2 Å². The van der Waals surface area contributed by atoms with Crippen LogP contribution in [0, 0.1) is 23.7 Å². The van der Waals surface area contributed by atoms with Crippen LogP contribution >= 0.6 is 0 Å². The van der Waals surface area contributed by atoms with Gasteiger partial charge in [-0.05, 0) is 74.1 Å². The Hall–Kier alpha value is -2.45. The molecule has 1 aromatic carbocycles. The van der Waals surface area contributed by atoms with Crippen LogP contribution in [0.25, 0.3) is 11.0 Å². The second kappa shape index (κ2) is 11.5. The fourth-order valence-corrected chi connectivity index (χ4v) is 7.08. The Labute approximate surface area is 217 Å². The van der Waals surface area contributed by atoms with E-state index in [0.29, 0.717) is 42.3 Å². The highest BCUT2D eigenvalue weighted by Gasteiger charge is 2.46. The largest absolute Gasteiger partial charge is 0.459 e. The quantitative estimate of drug-likeness (QED) is 0.494. The second-order valence-corrected chi connectivity index (χ2v) is 11.4. The highest BCUT2D eigenvalue weighted by atomic mass is 19.1. The summed E-state index contributed by atoms with van der Waals surface area (Å²) in [6.07, 6.45) is 9.66. The molecule has 2 heterocycles. The Bertz CT molecular complexity index is 1090. The number of fused-ring (bicyclic) bond motifs is 1. The maximum absolute atomic E-state index is 13.8. The van der Waals surface area contributed by atoms with Crippen LogP contribution in [0.3, 0.4) is 0 Å². The number of nitrogens with zero attached hydrogens (tertiary/aromatic N) is 1. The highest BCUT2D eigenvalue weighted by Crippen LogP contribution is 2.41. The van der Waals surface area contributed by atoms with Crippen molar-refractivity contribution in [3.63, 3.8) is 0 Å². The van der Waals surface area contributed by atoms with E-state index < -0.39 is 18.8 Å². The first-order valence-corrected chi connectivity index (χ1v) is 14.0. The van der Waals surface area contributed by atoms with Crippen LogP contribution in [0.4, 0.5) is 10.1 Å². The van der Waals surface area contributed by atoms with Crippen LogP contribution in [-0.2, 0) is 16.2 Å². The summed E-state index contributed by atoms with van der Waals surface area (Å²) in [5, 5.41) is 13.3. The van der Waals surface area contributed by atoms with Gasteiger partial charge in [0, 0.05) is 29.6 Å². The van der Waals surface area contributed by atoms with E-state index in [0.717, 1.165) is 37.5 Å². The molecule has 202 valence electrons. The summed E-state index contributed by atoms with van der Waals surface area (Å²) in [5.41, 5.74) is 7.24. The average molecular weight is 514 g/mol. The molecule has 8 heteroatoms. The molecule has 4 N–H and O–H groups in total. The van der Waals surface area contributed by atoms with Gasteiger partial charge >= 0.3 is 0 Å². The number of amides is 2. The number of halogens is 1. The van der Waals surface area contributed by atoms with E-state index in [9.17, 15) is 19.1 Å². The van der Waals surface area contributed by atoms with E-state index in [1.165, 1.54) is 19.3 Å². The topological polar surface area (TPSA) is 109 Å². The number of anilines is 1.